The van der Waals surface area contributed by atoms with Crippen LogP contribution in [0.2, 0.25) is 0 Å². The third-order valence-corrected chi connectivity index (χ3v) is 7.84. The zero-order valence-corrected chi connectivity index (χ0v) is 19.4. The lowest BCUT2D eigenvalue weighted by molar-refractivity contribution is -0.0766. The summed E-state index contributed by atoms with van der Waals surface area (Å²) in [6.07, 6.45) is 3.88. The van der Waals surface area contributed by atoms with Crippen LogP contribution in [0.1, 0.15) is 68.7 Å². The van der Waals surface area contributed by atoms with Crippen LogP contribution in [0.5, 0.6) is 0 Å². The van der Waals surface area contributed by atoms with E-state index < -0.39 is 0 Å². The van der Waals surface area contributed by atoms with E-state index in [1.54, 1.807) is 0 Å². The molecule has 0 N–H and O–H groups in total. The molecule has 0 aromatic heterocycles. The molecular weight excluding hydrogens is 400 g/mol. The van der Waals surface area contributed by atoms with Crippen molar-refractivity contribution < 1.29 is 19.1 Å². The second-order valence-electron chi connectivity index (χ2n) is 10.3. The molecular formula is C28H32O4. The Kier molecular flexibility index (Phi) is 5.35. The summed E-state index contributed by atoms with van der Waals surface area (Å²) < 4.78 is 12.3. The predicted molar refractivity (Wildman–Crippen MR) is 123 cm³/mol. The molecule has 168 valence electrons. The lowest BCUT2D eigenvalue weighted by Gasteiger charge is -2.37. The van der Waals surface area contributed by atoms with Crippen molar-refractivity contribution in [2.45, 2.75) is 65.6 Å². The van der Waals surface area contributed by atoms with Gasteiger partial charge in [-0.15, -0.1) is 0 Å². The molecule has 0 heterocycles. The molecule has 0 amide bonds. The standard InChI is InChI=1S/C28H32O4/c1-15-8-16(2)11-19(10-15)27(29)31-25-23-14-24(22-7-5-6-21(22)23)26(25)32-28(30)20-12-17(3)9-18(4)13-20/h8-13,21-26H,5-7,14H2,1-4H3. The molecule has 6 atom stereocenters. The van der Waals surface area contributed by atoms with Crippen molar-refractivity contribution >= 4 is 11.9 Å². The van der Waals surface area contributed by atoms with Crippen LogP contribution >= 0.6 is 0 Å². The highest BCUT2D eigenvalue weighted by Gasteiger charge is 2.62. The maximum Gasteiger partial charge on any atom is 0.338 e. The van der Waals surface area contributed by atoms with Crippen molar-refractivity contribution in [3.8, 4) is 0 Å². The molecule has 6 unspecified atom stereocenters. The molecule has 2 bridgehead atoms. The lowest BCUT2D eigenvalue weighted by Crippen LogP contribution is -2.45. The van der Waals surface area contributed by atoms with Crippen LogP contribution in [0, 0.1) is 51.4 Å². The molecule has 0 spiro atoms. The Morgan fingerprint density at radius 2 is 1.00 bits per heavy atom. The number of hydrogen-bond donors (Lipinski definition) is 0. The van der Waals surface area contributed by atoms with Crippen molar-refractivity contribution in [3.63, 3.8) is 0 Å². The summed E-state index contributed by atoms with van der Waals surface area (Å²) in [5.41, 5.74) is 5.31. The Morgan fingerprint density at radius 3 is 1.38 bits per heavy atom. The van der Waals surface area contributed by atoms with E-state index in [0.717, 1.165) is 28.7 Å². The Morgan fingerprint density at radius 1 is 0.625 bits per heavy atom. The Balaban J connectivity index is 1.40. The van der Waals surface area contributed by atoms with Crippen LogP contribution in [0.15, 0.2) is 36.4 Å². The SMILES string of the molecule is Cc1cc(C)cc(C(=O)OC2C3CC(C4CCCC43)C2OC(=O)c2cc(C)cc(C)c2)c1. The first kappa shape index (κ1) is 21.2. The molecule has 3 saturated carbocycles. The van der Waals surface area contributed by atoms with Gasteiger partial charge in [-0.2, -0.15) is 0 Å². The Bertz CT molecular complexity index is 947. The number of fused-ring (bicyclic) bond motifs is 5. The van der Waals surface area contributed by atoms with E-state index in [1.807, 2.05) is 64.1 Å². The Hall–Kier alpha value is -2.62. The fourth-order valence-corrected chi connectivity index (χ4v) is 6.86. The van der Waals surface area contributed by atoms with Crippen LogP contribution in [0.3, 0.4) is 0 Å². The molecule has 5 rings (SSSR count). The summed E-state index contributed by atoms with van der Waals surface area (Å²) in [7, 11) is 0. The molecule has 0 radical (unpaired) electrons. The minimum absolute atomic E-state index is 0.291. The highest BCUT2D eigenvalue weighted by Crippen LogP contribution is 2.60. The van der Waals surface area contributed by atoms with Gasteiger partial charge >= 0.3 is 11.9 Å². The molecule has 2 aromatic rings. The highest BCUT2D eigenvalue weighted by molar-refractivity contribution is 5.91. The number of ether oxygens (including phenoxy) is 2. The van der Waals surface area contributed by atoms with Crippen LogP contribution in [-0.4, -0.2) is 24.1 Å². The Labute approximate surface area is 190 Å². The number of hydrogen-bond acceptors (Lipinski definition) is 4. The average molecular weight is 433 g/mol. The normalized spacial score (nSPS) is 30.2. The molecule has 32 heavy (non-hydrogen) atoms. The smallest absolute Gasteiger partial charge is 0.338 e. The van der Waals surface area contributed by atoms with Crippen molar-refractivity contribution in [2.24, 2.45) is 23.7 Å². The average Bonchev–Trinajstić information content (AvgIpc) is 3.40. The zero-order valence-electron chi connectivity index (χ0n) is 19.4. The van der Waals surface area contributed by atoms with E-state index in [4.69, 9.17) is 9.47 Å². The van der Waals surface area contributed by atoms with Gasteiger partial charge in [0.25, 0.3) is 0 Å². The number of benzene rings is 2. The van der Waals surface area contributed by atoms with Gasteiger partial charge in [0.15, 0.2) is 0 Å². The maximum absolute atomic E-state index is 13.1. The van der Waals surface area contributed by atoms with Gasteiger partial charge in [0.1, 0.15) is 12.2 Å². The molecule has 4 nitrogen and oxygen atoms in total. The van der Waals surface area contributed by atoms with E-state index >= 15 is 0 Å². The first-order valence-electron chi connectivity index (χ1n) is 11.9. The summed E-state index contributed by atoms with van der Waals surface area (Å²) in [5, 5.41) is 0. The molecule has 2 aromatic carbocycles. The monoisotopic (exact) mass is 432 g/mol. The number of rotatable bonds is 4. The second kappa shape index (κ2) is 8.06. The summed E-state index contributed by atoms with van der Waals surface area (Å²) in [4.78, 5) is 26.2. The topological polar surface area (TPSA) is 52.6 Å². The van der Waals surface area contributed by atoms with E-state index in [1.165, 1.54) is 19.3 Å². The predicted octanol–water partition coefficient (Wildman–Crippen LogP) is 5.74. The van der Waals surface area contributed by atoms with Gasteiger partial charge in [-0.25, -0.2) is 9.59 Å². The van der Waals surface area contributed by atoms with Crippen molar-refractivity contribution in [3.05, 3.63) is 69.8 Å². The minimum Gasteiger partial charge on any atom is -0.455 e. The van der Waals surface area contributed by atoms with Crippen molar-refractivity contribution in [2.75, 3.05) is 0 Å². The lowest BCUT2D eigenvalue weighted by atomic mass is 9.78. The van der Waals surface area contributed by atoms with E-state index in [0.29, 0.717) is 34.8 Å². The van der Waals surface area contributed by atoms with Crippen molar-refractivity contribution in [1.82, 2.24) is 0 Å². The van der Waals surface area contributed by atoms with Gasteiger partial charge in [-0.3, -0.25) is 0 Å². The molecule has 3 aliphatic carbocycles. The fourth-order valence-electron chi connectivity index (χ4n) is 6.86. The minimum atomic E-state index is -0.359. The van der Waals surface area contributed by atoms with E-state index in [-0.39, 0.29) is 24.1 Å². The fraction of sp³-hybridized carbons (Fsp3) is 0.500. The van der Waals surface area contributed by atoms with Gasteiger partial charge in [0, 0.05) is 11.8 Å². The van der Waals surface area contributed by atoms with Crippen LogP contribution in [0.25, 0.3) is 0 Å². The molecule has 3 aliphatic rings. The van der Waals surface area contributed by atoms with Gasteiger partial charge in [0.05, 0.1) is 11.1 Å². The molecule has 0 saturated heterocycles. The third-order valence-electron chi connectivity index (χ3n) is 7.84. The number of carbonyl (C=O) groups is 2. The maximum atomic E-state index is 13.1. The number of esters is 2. The van der Waals surface area contributed by atoms with Gasteiger partial charge in [0.2, 0.25) is 0 Å². The molecule has 3 fully saturated rings. The quantitative estimate of drug-likeness (QED) is 0.579. The van der Waals surface area contributed by atoms with Gasteiger partial charge in [-0.05, 0) is 83.1 Å². The van der Waals surface area contributed by atoms with E-state index in [9.17, 15) is 9.59 Å². The zero-order chi connectivity index (χ0) is 22.6. The largest absolute Gasteiger partial charge is 0.455 e. The van der Waals surface area contributed by atoms with Crippen LogP contribution in [0.4, 0.5) is 0 Å². The summed E-state index contributed by atoms with van der Waals surface area (Å²) in [6, 6.07) is 11.6. The van der Waals surface area contributed by atoms with Gasteiger partial charge in [-0.1, -0.05) is 40.8 Å². The summed E-state index contributed by atoms with van der Waals surface area (Å²) in [5.74, 6) is 1.15. The van der Waals surface area contributed by atoms with Crippen LogP contribution < -0.4 is 0 Å². The first-order valence-corrected chi connectivity index (χ1v) is 11.9. The van der Waals surface area contributed by atoms with Gasteiger partial charge < -0.3 is 9.47 Å². The third kappa shape index (κ3) is 3.74. The first-order chi connectivity index (χ1) is 15.3. The highest BCUT2D eigenvalue weighted by atomic mass is 16.6. The van der Waals surface area contributed by atoms with Crippen LogP contribution in [-0.2, 0) is 9.47 Å². The summed E-state index contributed by atoms with van der Waals surface area (Å²) in [6.45, 7) is 7.94. The molecule has 0 aliphatic heterocycles. The van der Waals surface area contributed by atoms with E-state index in [2.05, 4.69) is 0 Å². The second-order valence-corrected chi connectivity index (χ2v) is 10.3. The summed E-state index contributed by atoms with van der Waals surface area (Å²) >= 11 is 0. The number of carbonyl (C=O) groups excluding carboxylic acids is 2. The molecule has 4 heteroatoms. The van der Waals surface area contributed by atoms with Crippen molar-refractivity contribution in [1.29, 1.82) is 0 Å². The number of aryl methyl sites for hydroxylation is 4.